The lowest BCUT2D eigenvalue weighted by atomic mass is 10.1. The molecule has 0 aliphatic rings. The normalized spacial score (nSPS) is 10.4. The monoisotopic (exact) mass is 484 g/mol. The van der Waals surface area contributed by atoms with Gasteiger partial charge in [-0.3, -0.25) is 14.3 Å². The average Bonchev–Trinajstić information content (AvgIpc) is 3.43. The van der Waals surface area contributed by atoms with E-state index in [0.717, 1.165) is 22.3 Å². The molecule has 1 amide bonds. The lowest BCUT2D eigenvalue weighted by Crippen LogP contribution is -2.14. The van der Waals surface area contributed by atoms with E-state index in [1.54, 1.807) is 36.9 Å². The number of carbonyl (C=O) groups is 1. The van der Waals surface area contributed by atoms with Crippen LogP contribution in [-0.4, -0.2) is 30.5 Å². The lowest BCUT2D eigenvalue weighted by Gasteiger charge is -2.08. The van der Waals surface area contributed by atoms with Gasteiger partial charge in [-0.05, 0) is 48.9 Å². The predicted octanol–water partition coefficient (Wildman–Crippen LogP) is 5.33. The minimum Gasteiger partial charge on any atom is -0.306 e. The number of fused-ring (bicyclic) bond motifs is 1. The molecule has 168 valence electrons. The van der Waals surface area contributed by atoms with Crippen LogP contribution in [0, 0.1) is 12.7 Å². The molecule has 2 N–H and O–H groups in total. The van der Waals surface area contributed by atoms with Crippen LogP contribution in [0.3, 0.4) is 0 Å². The number of aromatic nitrogens is 5. The molecule has 0 atom stereocenters. The Hall–Kier alpha value is -3.75. The molecular formula is C23H19Cl2FN6O. The molecule has 0 saturated carbocycles. The lowest BCUT2D eigenvalue weighted by molar-refractivity contribution is 0.102. The van der Waals surface area contributed by atoms with Gasteiger partial charge in [0.2, 0.25) is 0 Å². The molecule has 0 radical (unpaired) electrons. The van der Waals surface area contributed by atoms with Crippen LogP contribution in [0.15, 0.2) is 73.4 Å². The van der Waals surface area contributed by atoms with Crippen LogP contribution in [-0.2, 0) is 0 Å². The number of hydrogen-bond donors (Lipinski definition) is 2. The van der Waals surface area contributed by atoms with Gasteiger partial charge in [-0.1, -0.05) is 6.07 Å². The Bertz CT molecular complexity index is 1420. The summed E-state index contributed by atoms with van der Waals surface area (Å²) in [6.45, 7) is 1.89. The van der Waals surface area contributed by atoms with E-state index < -0.39 is 11.7 Å². The first kappa shape index (κ1) is 23.9. The molecule has 5 rings (SSSR count). The second-order valence-corrected chi connectivity index (χ2v) is 7.14. The maximum absolute atomic E-state index is 14.9. The van der Waals surface area contributed by atoms with Crippen molar-refractivity contribution in [1.82, 2.24) is 24.6 Å². The fraction of sp³-hybridized carbons (Fsp3) is 0.0435. The van der Waals surface area contributed by atoms with Gasteiger partial charge in [0.25, 0.3) is 5.91 Å². The number of imidazole rings is 1. The van der Waals surface area contributed by atoms with Crippen molar-refractivity contribution < 1.29 is 9.18 Å². The minimum absolute atomic E-state index is 0. The zero-order valence-electron chi connectivity index (χ0n) is 17.3. The first-order chi connectivity index (χ1) is 15.1. The second kappa shape index (κ2) is 9.81. The highest BCUT2D eigenvalue weighted by Crippen LogP contribution is 2.26. The average molecular weight is 485 g/mol. The maximum Gasteiger partial charge on any atom is 0.259 e. The van der Waals surface area contributed by atoms with Crippen molar-refractivity contribution in [3.05, 3.63) is 90.4 Å². The SMILES string of the molecule is Cc1ccnc(NC(=O)c2ccc(-c3cnc4ccc(-c5cn[nH]c5)cn34)cc2F)c1.Cl.Cl. The Morgan fingerprint density at radius 2 is 1.82 bits per heavy atom. The Morgan fingerprint density at radius 1 is 1.00 bits per heavy atom. The van der Waals surface area contributed by atoms with Crippen molar-refractivity contribution >= 4 is 42.2 Å². The van der Waals surface area contributed by atoms with E-state index in [-0.39, 0.29) is 30.4 Å². The van der Waals surface area contributed by atoms with Crippen molar-refractivity contribution in [2.75, 3.05) is 5.32 Å². The molecule has 7 nitrogen and oxygen atoms in total. The first-order valence-corrected chi connectivity index (χ1v) is 9.59. The van der Waals surface area contributed by atoms with Crippen LogP contribution in [0.4, 0.5) is 10.2 Å². The summed E-state index contributed by atoms with van der Waals surface area (Å²) in [4.78, 5) is 21.0. The highest BCUT2D eigenvalue weighted by molar-refractivity contribution is 6.04. The van der Waals surface area contributed by atoms with Crippen molar-refractivity contribution in [3.8, 4) is 22.4 Å². The topological polar surface area (TPSA) is 88.0 Å². The molecule has 1 aromatic carbocycles. The number of benzene rings is 1. The van der Waals surface area contributed by atoms with E-state index in [9.17, 15) is 9.18 Å². The number of rotatable bonds is 4. The number of halogens is 3. The third-order valence-electron chi connectivity index (χ3n) is 5.00. The van der Waals surface area contributed by atoms with Gasteiger partial charge in [0, 0.05) is 35.3 Å². The number of nitrogens with zero attached hydrogens (tertiary/aromatic N) is 4. The molecular weight excluding hydrogens is 466 g/mol. The van der Waals surface area contributed by atoms with E-state index in [4.69, 9.17) is 0 Å². The number of H-pyrrole nitrogens is 1. The summed E-state index contributed by atoms with van der Waals surface area (Å²) in [6, 6.07) is 11.9. The fourth-order valence-electron chi connectivity index (χ4n) is 3.42. The van der Waals surface area contributed by atoms with Crippen molar-refractivity contribution in [1.29, 1.82) is 0 Å². The molecule has 4 aromatic heterocycles. The Balaban J connectivity index is 0.00000153. The molecule has 0 bridgehead atoms. The number of carbonyl (C=O) groups excluding carboxylic acids is 1. The van der Waals surface area contributed by atoms with Crippen LogP contribution in [0.25, 0.3) is 28.0 Å². The van der Waals surface area contributed by atoms with Gasteiger partial charge in [0.1, 0.15) is 17.3 Å². The Labute approximate surface area is 200 Å². The standard InChI is InChI=1S/C23H17FN6O.2ClH/c1-14-6-7-25-21(8-14)29-23(31)18-4-2-15(9-19(18)24)20-12-26-22-5-3-16(13-30(20)22)17-10-27-28-11-17;;/h2-13H,1H3,(H,27,28)(H,25,29,31);2*1H. The van der Waals surface area contributed by atoms with Crippen molar-refractivity contribution in [3.63, 3.8) is 0 Å². The van der Waals surface area contributed by atoms with E-state index in [1.165, 1.54) is 12.1 Å². The zero-order valence-corrected chi connectivity index (χ0v) is 19.0. The van der Waals surface area contributed by atoms with E-state index >= 15 is 0 Å². The molecule has 0 aliphatic heterocycles. The summed E-state index contributed by atoms with van der Waals surface area (Å²) in [6.07, 6.45) is 8.72. The number of nitrogens with one attached hydrogen (secondary N) is 2. The number of anilines is 1. The van der Waals surface area contributed by atoms with Crippen LogP contribution >= 0.6 is 24.8 Å². The van der Waals surface area contributed by atoms with Gasteiger partial charge < -0.3 is 5.32 Å². The molecule has 0 fully saturated rings. The largest absolute Gasteiger partial charge is 0.306 e. The van der Waals surface area contributed by atoms with E-state index in [1.807, 2.05) is 35.7 Å². The third kappa shape index (κ3) is 4.72. The van der Waals surface area contributed by atoms with Crippen molar-refractivity contribution in [2.24, 2.45) is 0 Å². The molecule has 33 heavy (non-hydrogen) atoms. The quantitative estimate of drug-likeness (QED) is 0.360. The Morgan fingerprint density at radius 3 is 2.55 bits per heavy atom. The number of hydrogen-bond acceptors (Lipinski definition) is 4. The zero-order chi connectivity index (χ0) is 21.4. The maximum atomic E-state index is 14.9. The molecule has 0 unspecified atom stereocenters. The minimum atomic E-state index is -0.622. The molecule has 5 aromatic rings. The summed E-state index contributed by atoms with van der Waals surface area (Å²) >= 11 is 0. The number of pyridine rings is 2. The highest BCUT2D eigenvalue weighted by atomic mass is 35.5. The number of aromatic amines is 1. The van der Waals surface area contributed by atoms with Crippen LogP contribution < -0.4 is 5.32 Å². The van der Waals surface area contributed by atoms with Gasteiger partial charge in [0.05, 0.1) is 23.7 Å². The molecule has 0 spiro atoms. The van der Waals surface area contributed by atoms with Crippen LogP contribution in [0.5, 0.6) is 0 Å². The van der Waals surface area contributed by atoms with Gasteiger partial charge in [0.15, 0.2) is 0 Å². The number of amides is 1. The predicted molar refractivity (Wildman–Crippen MR) is 130 cm³/mol. The second-order valence-electron chi connectivity index (χ2n) is 7.14. The van der Waals surface area contributed by atoms with Gasteiger partial charge >= 0.3 is 0 Å². The highest BCUT2D eigenvalue weighted by Gasteiger charge is 2.15. The van der Waals surface area contributed by atoms with Gasteiger partial charge in [-0.25, -0.2) is 14.4 Å². The van der Waals surface area contributed by atoms with Gasteiger partial charge in [-0.15, -0.1) is 24.8 Å². The molecule has 10 heteroatoms. The summed E-state index contributed by atoms with van der Waals surface area (Å²) in [5.41, 5.74) is 4.83. The molecule has 4 heterocycles. The molecule has 0 aliphatic carbocycles. The number of aryl methyl sites for hydroxylation is 1. The van der Waals surface area contributed by atoms with Crippen molar-refractivity contribution in [2.45, 2.75) is 6.92 Å². The van der Waals surface area contributed by atoms with Gasteiger partial charge in [-0.2, -0.15) is 5.10 Å². The summed E-state index contributed by atoms with van der Waals surface area (Å²) in [5, 5.41) is 9.40. The smallest absolute Gasteiger partial charge is 0.259 e. The van der Waals surface area contributed by atoms with E-state index in [2.05, 4.69) is 25.5 Å². The third-order valence-corrected chi connectivity index (χ3v) is 5.00. The molecule has 0 saturated heterocycles. The fourth-order valence-corrected chi connectivity index (χ4v) is 3.42. The summed E-state index contributed by atoms with van der Waals surface area (Å²) < 4.78 is 16.7. The first-order valence-electron chi connectivity index (χ1n) is 9.59. The summed E-state index contributed by atoms with van der Waals surface area (Å²) in [7, 11) is 0. The van der Waals surface area contributed by atoms with E-state index in [0.29, 0.717) is 17.1 Å². The Kier molecular flexibility index (Phi) is 7.10. The summed E-state index contributed by atoms with van der Waals surface area (Å²) in [5.74, 6) is -0.798. The van der Waals surface area contributed by atoms with Crippen LogP contribution in [0.1, 0.15) is 15.9 Å². The van der Waals surface area contributed by atoms with Crippen LogP contribution in [0.2, 0.25) is 0 Å².